The molecule has 0 aliphatic rings. The van der Waals surface area contributed by atoms with Crippen LogP contribution in [0.4, 0.5) is 0 Å². The van der Waals surface area contributed by atoms with E-state index in [0.717, 1.165) is 5.56 Å². The van der Waals surface area contributed by atoms with Crippen molar-refractivity contribution in [2.75, 3.05) is 14.1 Å². The third-order valence-electron chi connectivity index (χ3n) is 2.75. The lowest BCUT2D eigenvalue weighted by Crippen LogP contribution is -2.30. The predicted octanol–water partition coefficient (Wildman–Crippen LogP) is 2.82. The van der Waals surface area contributed by atoms with Gasteiger partial charge in [-0.3, -0.25) is 9.69 Å². The molecule has 1 rings (SSSR count). The fourth-order valence-corrected chi connectivity index (χ4v) is 1.78. The van der Waals surface area contributed by atoms with E-state index in [4.69, 9.17) is 0 Å². The Bertz CT molecular complexity index is 352. The molecule has 0 spiro atoms. The molecule has 0 aliphatic carbocycles. The summed E-state index contributed by atoms with van der Waals surface area (Å²) in [5, 5.41) is 0. The number of carbonyl (C=O) groups is 1. The number of carbonyl (C=O) groups excluding carboxylic acids is 1. The average molecular weight is 219 g/mol. The number of aryl methyl sites for hydroxylation is 1. The lowest BCUT2D eigenvalue weighted by molar-refractivity contribution is -0.126. The zero-order valence-electron chi connectivity index (χ0n) is 10.8. The van der Waals surface area contributed by atoms with Gasteiger partial charge in [-0.25, -0.2) is 0 Å². The topological polar surface area (TPSA) is 20.3 Å². The molecule has 16 heavy (non-hydrogen) atoms. The lowest BCUT2D eigenvalue weighted by atomic mass is 9.94. The summed E-state index contributed by atoms with van der Waals surface area (Å²) < 4.78 is 0. The van der Waals surface area contributed by atoms with Gasteiger partial charge in [0.2, 0.25) is 0 Å². The first-order valence-corrected chi connectivity index (χ1v) is 5.70. The van der Waals surface area contributed by atoms with Crippen LogP contribution >= 0.6 is 0 Å². The molecule has 2 nitrogen and oxygen atoms in total. The molecule has 0 saturated carbocycles. The van der Waals surface area contributed by atoms with Gasteiger partial charge in [0.1, 0.15) is 0 Å². The highest BCUT2D eigenvalue weighted by Crippen LogP contribution is 2.22. The van der Waals surface area contributed by atoms with Crippen LogP contribution in [0.2, 0.25) is 0 Å². The molecule has 1 unspecified atom stereocenters. The van der Waals surface area contributed by atoms with Gasteiger partial charge >= 0.3 is 0 Å². The second kappa shape index (κ2) is 5.26. The maximum atomic E-state index is 12.1. The summed E-state index contributed by atoms with van der Waals surface area (Å²) >= 11 is 0. The van der Waals surface area contributed by atoms with Crippen molar-refractivity contribution >= 4 is 5.78 Å². The van der Waals surface area contributed by atoms with Gasteiger partial charge in [-0.05, 0) is 26.6 Å². The smallest absolute Gasteiger partial charge is 0.156 e. The molecule has 88 valence electrons. The zero-order valence-corrected chi connectivity index (χ0v) is 10.8. The van der Waals surface area contributed by atoms with Crippen molar-refractivity contribution in [2.45, 2.75) is 26.8 Å². The number of benzene rings is 1. The fourth-order valence-electron chi connectivity index (χ4n) is 1.78. The van der Waals surface area contributed by atoms with Gasteiger partial charge in [-0.15, -0.1) is 0 Å². The summed E-state index contributed by atoms with van der Waals surface area (Å²) in [6.45, 7) is 5.96. The molecule has 0 radical (unpaired) electrons. The van der Waals surface area contributed by atoms with Gasteiger partial charge in [0.05, 0.1) is 6.04 Å². The number of likely N-dealkylation sites (N-methyl/N-ethyl adjacent to an activating group) is 1. The highest BCUT2D eigenvalue weighted by atomic mass is 16.1. The van der Waals surface area contributed by atoms with E-state index in [-0.39, 0.29) is 17.7 Å². The van der Waals surface area contributed by atoms with Crippen molar-refractivity contribution in [3.05, 3.63) is 35.4 Å². The minimum Gasteiger partial charge on any atom is -0.297 e. The van der Waals surface area contributed by atoms with Crippen LogP contribution in [0.25, 0.3) is 0 Å². The number of hydrogen-bond donors (Lipinski definition) is 0. The number of hydrogen-bond acceptors (Lipinski definition) is 2. The van der Waals surface area contributed by atoms with Crippen molar-refractivity contribution in [3.63, 3.8) is 0 Å². The third kappa shape index (κ3) is 2.92. The van der Waals surface area contributed by atoms with Gasteiger partial charge in [0.15, 0.2) is 5.78 Å². The lowest BCUT2D eigenvalue weighted by Gasteiger charge is -2.25. The Labute approximate surface area is 98.3 Å². The van der Waals surface area contributed by atoms with Crippen LogP contribution < -0.4 is 0 Å². The first-order valence-electron chi connectivity index (χ1n) is 5.70. The number of nitrogens with zero attached hydrogens (tertiary/aromatic N) is 1. The molecular weight excluding hydrogens is 198 g/mol. The van der Waals surface area contributed by atoms with Crippen LogP contribution in [-0.4, -0.2) is 24.8 Å². The maximum absolute atomic E-state index is 12.1. The molecule has 0 aromatic heterocycles. The third-order valence-corrected chi connectivity index (χ3v) is 2.75. The van der Waals surface area contributed by atoms with E-state index in [2.05, 4.69) is 19.1 Å². The van der Waals surface area contributed by atoms with Crippen LogP contribution in [0.5, 0.6) is 0 Å². The van der Waals surface area contributed by atoms with Crippen LogP contribution in [0, 0.1) is 12.8 Å². The van der Waals surface area contributed by atoms with E-state index < -0.39 is 0 Å². The summed E-state index contributed by atoms with van der Waals surface area (Å²) in [6, 6.07) is 8.07. The van der Waals surface area contributed by atoms with Gasteiger partial charge in [-0.1, -0.05) is 43.7 Å². The monoisotopic (exact) mass is 219 g/mol. The second-order valence-corrected chi connectivity index (χ2v) is 4.83. The number of ketones is 1. The van der Waals surface area contributed by atoms with Crippen molar-refractivity contribution in [1.29, 1.82) is 0 Å². The summed E-state index contributed by atoms with van der Waals surface area (Å²) in [6.07, 6.45) is 0. The predicted molar refractivity (Wildman–Crippen MR) is 67.5 cm³/mol. The second-order valence-electron chi connectivity index (χ2n) is 4.83. The zero-order chi connectivity index (χ0) is 12.3. The first-order chi connectivity index (χ1) is 7.43. The molecular formula is C14H21NO. The summed E-state index contributed by atoms with van der Waals surface area (Å²) in [5.41, 5.74) is 2.30. The minimum atomic E-state index is -0.124. The average Bonchev–Trinajstić information content (AvgIpc) is 2.20. The summed E-state index contributed by atoms with van der Waals surface area (Å²) in [4.78, 5) is 14.1. The van der Waals surface area contributed by atoms with Gasteiger partial charge in [0.25, 0.3) is 0 Å². The van der Waals surface area contributed by atoms with E-state index in [9.17, 15) is 4.79 Å². The SMILES string of the molecule is Cc1ccc(C(C(=O)C(C)C)N(C)C)cc1. The van der Waals surface area contributed by atoms with Crippen LogP contribution in [0.3, 0.4) is 0 Å². The first kappa shape index (κ1) is 12.9. The van der Waals surface area contributed by atoms with Crippen molar-refractivity contribution in [1.82, 2.24) is 4.90 Å². The number of rotatable bonds is 4. The Balaban J connectivity index is 3.03. The largest absolute Gasteiger partial charge is 0.297 e. The highest BCUT2D eigenvalue weighted by Gasteiger charge is 2.24. The summed E-state index contributed by atoms with van der Waals surface area (Å²) in [5.74, 6) is 0.336. The Kier molecular flexibility index (Phi) is 4.25. The van der Waals surface area contributed by atoms with E-state index >= 15 is 0 Å². The normalized spacial score (nSPS) is 13.2. The van der Waals surface area contributed by atoms with E-state index in [1.807, 2.05) is 45.0 Å². The van der Waals surface area contributed by atoms with Gasteiger partial charge in [-0.2, -0.15) is 0 Å². The van der Waals surface area contributed by atoms with Crippen molar-refractivity contribution in [2.24, 2.45) is 5.92 Å². The van der Waals surface area contributed by atoms with E-state index in [0.29, 0.717) is 0 Å². The molecule has 0 heterocycles. The molecule has 0 amide bonds. The Morgan fingerprint density at radius 1 is 1.12 bits per heavy atom. The molecule has 0 saturated heterocycles. The fraction of sp³-hybridized carbons (Fsp3) is 0.500. The van der Waals surface area contributed by atoms with Crippen LogP contribution in [0.1, 0.15) is 31.0 Å². The van der Waals surface area contributed by atoms with Crippen LogP contribution in [-0.2, 0) is 4.79 Å². The van der Waals surface area contributed by atoms with E-state index in [1.54, 1.807) is 0 Å². The van der Waals surface area contributed by atoms with Crippen molar-refractivity contribution < 1.29 is 4.79 Å². The summed E-state index contributed by atoms with van der Waals surface area (Å²) in [7, 11) is 3.90. The molecule has 0 N–H and O–H groups in total. The molecule has 1 aromatic carbocycles. The quantitative estimate of drug-likeness (QED) is 0.776. The molecule has 0 fully saturated rings. The Morgan fingerprint density at radius 2 is 1.62 bits per heavy atom. The van der Waals surface area contributed by atoms with Gasteiger partial charge < -0.3 is 0 Å². The Morgan fingerprint density at radius 3 is 2.00 bits per heavy atom. The van der Waals surface area contributed by atoms with E-state index in [1.165, 1.54) is 5.56 Å². The molecule has 2 heteroatoms. The Hall–Kier alpha value is -1.15. The highest BCUT2D eigenvalue weighted by molar-refractivity contribution is 5.86. The maximum Gasteiger partial charge on any atom is 0.156 e. The standard InChI is InChI=1S/C14H21NO/c1-10(2)14(16)13(15(4)5)12-8-6-11(3)7-9-12/h6-10,13H,1-5H3. The van der Waals surface area contributed by atoms with Gasteiger partial charge in [0, 0.05) is 5.92 Å². The minimum absolute atomic E-state index is 0.0636. The number of Topliss-reactive ketones (excluding diaryl/α,β-unsaturated/α-hetero) is 1. The van der Waals surface area contributed by atoms with Crippen molar-refractivity contribution in [3.8, 4) is 0 Å². The van der Waals surface area contributed by atoms with Crippen LogP contribution in [0.15, 0.2) is 24.3 Å². The molecule has 0 bridgehead atoms. The molecule has 0 aliphatic heterocycles. The molecule has 1 atom stereocenters. The molecule has 1 aromatic rings.